The molecule has 0 fully saturated rings. The van der Waals surface area contributed by atoms with Crippen LogP contribution in [0.1, 0.15) is 38.7 Å². The summed E-state index contributed by atoms with van der Waals surface area (Å²) in [5.74, 6) is 2.11. The maximum atomic E-state index is 12.0. The predicted octanol–water partition coefficient (Wildman–Crippen LogP) is 3.76. The summed E-state index contributed by atoms with van der Waals surface area (Å²) < 4.78 is 11.4. The molecule has 5 heteroatoms. The fourth-order valence-electron chi connectivity index (χ4n) is 2.40. The van der Waals surface area contributed by atoms with E-state index in [0.29, 0.717) is 30.3 Å². The molecule has 1 unspecified atom stereocenters. The van der Waals surface area contributed by atoms with Gasteiger partial charge < -0.3 is 14.8 Å². The maximum absolute atomic E-state index is 12.0. The Hall–Kier alpha value is -1.42. The summed E-state index contributed by atoms with van der Waals surface area (Å²) in [4.78, 5) is 12.0. The summed E-state index contributed by atoms with van der Waals surface area (Å²) in [5.41, 5.74) is 1.81. The highest BCUT2D eigenvalue weighted by molar-refractivity contribution is 6.17. The van der Waals surface area contributed by atoms with Crippen molar-refractivity contribution in [1.82, 2.24) is 0 Å². The zero-order chi connectivity index (χ0) is 15.2. The van der Waals surface area contributed by atoms with E-state index in [1.807, 2.05) is 26.0 Å². The summed E-state index contributed by atoms with van der Waals surface area (Å²) >= 11 is 5.62. The molecule has 4 nitrogen and oxygen atoms in total. The molecule has 1 N–H and O–H groups in total. The van der Waals surface area contributed by atoms with Crippen LogP contribution in [0.3, 0.4) is 0 Å². The molecule has 1 atom stereocenters. The third-order valence-electron chi connectivity index (χ3n) is 3.36. The van der Waals surface area contributed by atoms with E-state index in [1.54, 1.807) is 0 Å². The van der Waals surface area contributed by atoms with Crippen molar-refractivity contribution in [1.29, 1.82) is 0 Å². The number of ether oxygens (including phenoxy) is 2. The Morgan fingerprint density at radius 3 is 3.00 bits per heavy atom. The smallest absolute Gasteiger partial charge is 0.224 e. The molecule has 1 amide bonds. The van der Waals surface area contributed by atoms with Crippen molar-refractivity contribution >= 4 is 23.2 Å². The van der Waals surface area contributed by atoms with Crippen molar-refractivity contribution < 1.29 is 14.3 Å². The average molecular weight is 312 g/mol. The number of hydrogen-bond acceptors (Lipinski definition) is 3. The SMILES string of the molecule is CCOc1cc2c(cc1NC(=O)CCCCCl)OC(C)C2. The highest BCUT2D eigenvalue weighted by Crippen LogP contribution is 2.38. The number of carbonyl (C=O) groups excluding carboxylic acids is 1. The van der Waals surface area contributed by atoms with E-state index < -0.39 is 0 Å². The lowest BCUT2D eigenvalue weighted by molar-refractivity contribution is -0.116. The molecule has 0 aromatic heterocycles. The molecule has 0 saturated carbocycles. The number of fused-ring (bicyclic) bond motifs is 1. The number of unbranched alkanes of at least 4 members (excludes halogenated alkanes) is 1. The van der Waals surface area contributed by atoms with Gasteiger partial charge in [-0.15, -0.1) is 11.6 Å². The molecular weight excluding hydrogens is 290 g/mol. The number of alkyl halides is 1. The van der Waals surface area contributed by atoms with Gasteiger partial charge in [0.05, 0.1) is 12.3 Å². The monoisotopic (exact) mass is 311 g/mol. The average Bonchev–Trinajstić information content (AvgIpc) is 2.79. The van der Waals surface area contributed by atoms with Crippen LogP contribution in [0.15, 0.2) is 12.1 Å². The van der Waals surface area contributed by atoms with Gasteiger partial charge in [0.25, 0.3) is 0 Å². The third-order valence-corrected chi connectivity index (χ3v) is 3.63. The molecule has 1 heterocycles. The second-order valence-electron chi connectivity index (χ2n) is 5.22. The highest BCUT2D eigenvalue weighted by Gasteiger charge is 2.22. The van der Waals surface area contributed by atoms with E-state index in [4.69, 9.17) is 21.1 Å². The van der Waals surface area contributed by atoms with Crippen LogP contribution in [-0.4, -0.2) is 24.5 Å². The standard InChI is InChI=1S/C16H22ClNO3/c1-3-20-15-9-12-8-11(2)21-14(12)10-13(15)18-16(19)6-4-5-7-17/h9-11H,3-8H2,1-2H3,(H,18,19). The van der Waals surface area contributed by atoms with E-state index in [0.717, 1.165) is 30.6 Å². The number of benzene rings is 1. The van der Waals surface area contributed by atoms with Crippen molar-refractivity contribution in [2.24, 2.45) is 0 Å². The lowest BCUT2D eigenvalue weighted by Crippen LogP contribution is -2.12. The van der Waals surface area contributed by atoms with Crippen molar-refractivity contribution in [2.75, 3.05) is 17.8 Å². The van der Waals surface area contributed by atoms with Gasteiger partial charge in [0.2, 0.25) is 5.91 Å². The van der Waals surface area contributed by atoms with Crippen molar-refractivity contribution in [3.05, 3.63) is 17.7 Å². The molecule has 1 aliphatic heterocycles. The Morgan fingerprint density at radius 1 is 1.48 bits per heavy atom. The molecular formula is C16H22ClNO3. The number of anilines is 1. The molecule has 0 bridgehead atoms. The fraction of sp³-hybridized carbons (Fsp3) is 0.562. The lowest BCUT2D eigenvalue weighted by Gasteiger charge is -2.13. The molecule has 1 aromatic rings. The fourth-order valence-corrected chi connectivity index (χ4v) is 2.59. The molecule has 0 radical (unpaired) electrons. The second kappa shape index (κ2) is 7.55. The normalized spacial score (nSPS) is 16.2. The predicted molar refractivity (Wildman–Crippen MR) is 84.6 cm³/mol. The van der Waals surface area contributed by atoms with Gasteiger partial charge in [0.1, 0.15) is 17.6 Å². The first-order valence-corrected chi connectivity index (χ1v) is 7.99. The number of hydrogen-bond donors (Lipinski definition) is 1. The molecule has 1 aliphatic rings. The van der Waals surface area contributed by atoms with Crippen LogP contribution >= 0.6 is 11.6 Å². The van der Waals surface area contributed by atoms with Gasteiger partial charge in [-0.1, -0.05) is 0 Å². The van der Waals surface area contributed by atoms with Crippen LogP contribution in [0.5, 0.6) is 11.5 Å². The van der Waals surface area contributed by atoms with E-state index in [9.17, 15) is 4.79 Å². The van der Waals surface area contributed by atoms with Crippen LogP contribution in [-0.2, 0) is 11.2 Å². The highest BCUT2D eigenvalue weighted by atomic mass is 35.5. The molecule has 0 aliphatic carbocycles. The van der Waals surface area contributed by atoms with Crippen molar-refractivity contribution in [2.45, 2.75) is 45.6 Å². The maximum Gasteiger partial charge on any atom is 0.224 e. The molecule has 2 rings (SSSR count). The van der Waals surface area contributed by atoms with Gasteiger partial charge in [0, 0.05) is 30.4 Å². The Bertz CT molecular complexity index is 505. The molecule has 0 saturated heterocycles. The molecule has 0 spiro atoms. The number of rotatable bonds is 7. The van der Waals surface area contributed by atoms with Crippen molar-refractivity contribution in [3.63, 3.8) is 0 Å². The van der Waals surface area contributed by atoms with E-state index >= 15 is 0 Å². The van der Waals surface area contributed by atoms with Crippen LogP contribution < -0.4 is 14.8 Å². The quantitative estimate of drug-likeness (QED) is 0.616. The zero-order valence-corrected chi connectivity index (χ0v) is 13.3. The molecule has 21 heavy (non-hydrogen) atoms. The Kier molecular flexibility index (Phi) is 5.74. The van der Waals surface area contributed by atoms with Crippen LogP contribution in [0, 0.1) is 0 Å². The zero-order valence-electron chi connectivity index (χ0n) is 12.6. The van der Waals surface area contributed by atoms with Gasteiger partial charge in [-0.3, -0.25) is 4.79 Å². The Morgan fingerprint density at radius 2 is 2.29 bits per heavy atom. The molecule has 1 aromatic carbocycles. The summed E-state index contributed by atoms with van der Waals surface area (Å²) in [6.45, 7) is 4.52. The number of nitrogens with one attached hydrogen (secondary N) is 1. The summed E-state index contributed by atoms with van der Waals surface area (Å²) in [7, 11) is 0. The van der Waals surface area contributed by atoms with Gasteiger partial charge in [-0.05, 0) is 32.8 Å². The molecule has 116 valence electrons. The van der Waals surface area contributed by atoms with E-state index in [-0.39, 0.29) is 12.0 Å². The number of carbonyl (C=O) groups is 1. The largest absolute Gasteiger partial charge is 0.492 e. The first kappa shape index (κ1) is 16.0. The minimum atomic E-state index is -0.0212. The van der Waals surface area contributed by atoms with Gasteiger partial charge >= 0.3 is 0 Å². The number of amides is 1. The van der Waals surface area contributed by atoms with Crippen molar-refractivity contribution in [3.8, 4) is 11.5 Å². The minimum absolute atomic E-state index is 0.0212. The summed E-state index contributed by atoms with van der Waals surface area (Å²) in [6.07, 6.45) is 3.14. The lowest BCUT2D eigenvalue weighted by atomic mass is 10.1. The van der Waals surface area contributed by atoms with E-state index in [1.165, 1.54) is 0 Å². The van der Waals surface area contributed by atoms with Gasteiger partial charge in [-0.25, -0.2) is 0 Å². The van der Waals surface area contributed by atoms with E-state index in [2.05, 4.69) is 5.32 Å². The second-order valence-corrected chi connectivity index (χ2v) is 5.59. The van der Waals surface area contributed by atoms with Crippen LogP contribution in [0.25, 0.3) is 0 Å². The van der Waals surface area contributed by atoms with Crippen LogP contribution in [0.4, 0.5) is 5.69 Å². The van der Waals surface area contributed by atoms with Gasteiger partial charge in [-0.2, -0.15) is 0 Å². The summed E-state index contributed by atoms with van der Waals surface area (Å²) in [5, 5.41) is 2.91. The first-order valence-electron chi connectivity index (χ1n) is 7.46. The third kappa shape index (κ3) is 4.27. The minimum Gasteiger partial charge on any atom is -0.492 e. The summed E-state index contributed by atoms with van der Waals surface area (Å²) in [6, 6.07) is 3.83. The van der Waals surface area contributed by atoms with Crippen LogP contribution in [0.2, 0.25) is 0 Å². The first-order chi connectivity index (χ1) is 10.1. The topological polar surface area (TPSA) is 47.6 Å². The Balaban J connectivity index is 2.10. The number of halogens is 1. The van der Waals surface area contributed by atoms with Gasteiger partial charge in [0.15, 0.2) is 0 Å². The Labute approximate surface area is 130 Å².